The van der Waals surface area contributed by atoms with Gasteiger partial charge in [-0.2, -0.15) is 0 Å². The van der Waals surface area contributed by atoms with Crippen molar-refractivity contribution in [1.82, 2.24) is 4.98 Å². The van der Waals surface area contributed by atoms with Crippen LogP contribution >= 0.6 is 34.8 Å². The zero-order chi connectivity index (χ0) is 23.4. The van der Waals surface area contributed by atoms with Crippen LogP contribution < -0.4 is 4.74 Å². The average molecular weight is 507 g/mol. The van der Waals surface area contributed by atoms with Gasteiger partial charge in [-0.3, -0.25) is 9.78 Å². The molecular formula is C27H14Cl3NO3. The van der Waals surface area contributed by atoms with Crippen LogP contribution in [0.1, 0.15) is 21.7 Å². The molecule has 6 rings (SSSR count). The fourth-order valence-electron chi connectivity index (χ4n) is 4.22. The van der Waals surface area contributed by atoms with Gasteiger partial charge in [0.25, 0.3) is 0 Å². The van der Waals surface area contributed by atoms with E-state index < -0.39 is 0 Å². The highest BCUT2D eigenvalue weighted by Gasteiger charge is 2.26. The zero-order valence-electron chi connectivity index (χ0n) is 17.4. The molecule has 5 aromatic rings. The molecule has 34 heavy (non-hydrogen) atoms. The molecule has 0 bridgehead atoms. The molecule has 3 heterocycles. The Bertz CT molecular complexity index is 1610. The number of furan rings is 1. The molecule has 166 valence electrons. The molecule has 4 nitrogen and oxygen atoms in total. The summed E-state index contributed by atoms with van der Waals surface area (Å²) in [4.78, 5) is 18.2. The molecule has 1 aliphatic heterocycles. The maximum Gasteiger partial charge on any atom is 0.228 e. The van der Waals surface area contributed by atoms with Crippen molar-refractivity contribution in [1.29, 1.82) is 0 Å². The van der Waals surface area contributed by atoms with Gasteiger partial charge in [0.05, 0.1) is 5.69 Å². The Kier molecular flexibility index (Phi) is 5.10. The van der Waals surface area contributed by atoms with Crippen LogP contribution in [0.4, 0.5) is 0 Å². The molecule has 0 radical (unpaired) electrons. The summed E-state index contributed by atoms with van der Waals surface area (Å²) in [6, 6.07) is 19.4. The highest BCUT2D eigenvalue weighted by atomic mass is 35.5. The van der Waals surface area contributed by atoms with E-state index in [1.54, 1.807) is 54.7 Å². The van der Waals surface area contributed by atoms with Crippen molar-refractivity contribution in [3.05, 3.63) is 105 Å². The maximum absolute atomic E-state index is 13.5. The average Bonchev–Trinajstić information content (AvgIpc) is 3.22. The summed E-state index contributed by atoms with van der Waals surface area (Å²) < 4.78 is 12.0. The Morgan fingerprint density at radius 1 is 0.853 bits per heavy atom. The van der Waals surface area contributed by atoms with E-state index in [2.05, 4.69) is 0 Å². The van der Waals surface area contributed by atoms with Crippen LogP contribution in [0, 0.1) is 0 Å². The van der Waals surface area contributed by atoms with Gasteiger partial charge < -0.3 is 9.15 Å². The van der Waals surface area contributed by atoms with Crippen molar-refractivity contribution in [2.24, 2.45) is 0 Å². The van der Waals surface area contributed by atoms with E-state index in [4.69, 9.17) is 48.9 Å². The lowest BCUT2D eigenvalue weighted by Crippen LogP contribution is -2.08. The van der Waals surface area contributed by atoms with Crippen LogP contribution in [-0.4, -0.2) is 10.8 Å². The number of halogens is 3. The fourth-order valence-corrected chi connectivity index (χ4v) is 4.69. The number of rotatable bonds is 3. The van der Waals surface area contributed by atoms with Gasteiger partial charge in [-0.05, 0) is 66.7 Å². The van der Waals surface area contributed by atoms with Crippen LogP contribution in [0.3, 0.4) is 0 Å². The number of ether oxygens (including phenoxy) is 1. The van der Waals surface area contributed by atoms with Crippen molar-refractivity contribution in [3.63, 3.8) is 0 Å². The number of benzene rings is 3. The summed E-state index contributed by atoms with van der Waals surface area (Å²) in [5.41, 5.74) is 4.89. The largest absolute Gasteiger partial charge is 0.488 e. The molecule has 0 N–H and O–H groups in total. The predicted molar refractivity (Wildman–Crippen MR) is 134 cm³/mol. The quantitative estimate of drug-likeness (QED) is 0.231. The number of carbonyl (C=O) groups excluding carboxylic acids is 1. The van der Waals surface area contributed by atoms with Gasteiger partial charge >= 0.3 is 0 Å². The molecular weight excluding hydrogens is 493 g/mol. The third kappa shape index (κ3) is 3.55. The molecule has 0 saturated heterocycles. The topological polar surface area (TPSA) is 52.3 Å². The number of fused-ring (bicyclic) bond motifs is 4. The van der Waals surface area contributed by atoms with Crippen LogP contribution in [0.2, 0.25) is 15.1 Å². The van der Waals surface area contributed by atoms with Gasteiger partial charge in [0.15, 0.2) is 5.76 Å². The number of carbonyl (C=O) groups is 1. The van der Waals surface area contributed by atoms with Crippen LogP contribution in [0.15, 0.2) is 77.3 Å². The first-order valence-electron chi connectivity index (χ1n) is 10.4. The molecule has 0 saturated carbocycles. The summed E-state index contributed by atoms with van der Waals surface area (Å²) in [7, 11) is 0. The van der Waals surface area contributed by atoms with Gasteiger partial charge in [0.1, 0.15) is 17.9 Å². The summed E-state index contributed by atoms with van der Waals surface area (Å²) >= 11 is 18.5. The Hall–Kier alpha value is -3.31. The molecule has 7 heteroatoms. The second-order valence-electron chi connectivity index (χ2n) is 7.94. The number of hydrogen-bond acceptors (Lipinski definition) is 4. The van der Waals surface area contributed by atoms with Gasteiger partial charge in [0, 0.05) is 54.5 Å². The van der Waals surface area contributed by atoms with Crippen molar-refractivity contribution in [3.8, 4) is 28.1 Å². The van der Waals surface area contributed by atoms with Gasteiger partial charge in [0.2, 0.25) is 5.78 Å². The van der Waals surface area contributed by atoms with E-state index in [1.165, 1.54) is 0 Å². The molecule has 0 unspecified atom stereocenters. The molecule has 0 spiro atoms. The van der Waals surface area contributed by atoms with E-state index in [-0.39, 0.29) is 11.5 Å². The minimum atomic E-state index is -0.259. The second kappa shape index (κ2) is 8.17. The molecule has 2 aromatic heterocycles. The SMILES string of the molecule is O=C(c1ccc(Cl)cc1)c1oc2ccc(Cl)cc2c1-c1cnc2c(c1)COc1ccc(Cl)cc1-2. The van der Waals surface area contributed by atoms with E-state index in [1.807, 2.05) is 18.2 Å². The van der Waals surface area contributed by atoms with E-state index in [0.717, 1.165) is 33.5 Å². The minimum Gasteiger partial charge on any atom is -0.488 e. The van der Waals surface area contributed by atoms with Gasteiger partial charge in [-0.15, -0.1) is 0 Å². The molecule has 0 aliphatic carbocycles. The smallest absolute Gasteiger partial charge is 0.228 e. The third-order valence-electron chi connectivity index (χ3n) is 5.80. The normalized spacial score (nSPS) is 12.2. The Balaban J connectivity index is 1.55. The highest BCUT2D eigenvalue weighted by Crippen LogP contribution is 2.42. The Labute approximate surface area is 209 Å². The summed E-state index contributed by atoms with van der Waals surface area (Å²) in [6.07, 6.45) is 1.73. The van der Waals surface area contributed by atoms with Crippen molar-refractivity contribution < 1.29 is 13.9 Å². The second-order valence-corrected chi connectivity index (χ2v) is 9.25. The lowest BCUT2D eigenvalue weighted by atomic mass is 9.95. The van der Waals surface area contributed by atoms with E-state index in [0.29, 0.717) is 38.4 Å². The summed E-state index contributed by atoms with van der Waals surface area (Å²) in [5, 5.41) is 2.42. The predicted octanol–water partition coefficient (Wildman–Crippen LogP) is 8.25. The van der Waals surface area contributed by atoms with Crippen molar-refractivity contribution in [2.45, 2.75) is 6.61 Å². The number of nitrogens with zero attached hydrogens (tertiary/aromatic N) is 1. The maximum atomic E-state index is 13.5. The first-order chi connectivity index (χ1) is 16.5. The van der Waals surface area contributed by atoms with E-state index >= 15 is 0 Å². The summed E-state index contributed by atoms with van der Waals surface area (Å²) in [5.74, 6) is 0.683. The first kappa shape index (κ1) is 21.2. The number of ketones is 1. The van der Waals surface area contributed by atoms with Crippen LogP contribution in [-0.2, 0) is 6.61 Å². The number of aromatic nitrogens is 1. The lowest BCUT2D eigenvalue weighted by Gasteiger charge is -2.20. The number of pyridine rings is 1. The van der Waals surface area contributed by atoms with Crippen LogP contribution in [0.5, 0.6) is 5.75 Å². The molecule has 0 fully saturated rings. The molecule has 0 atom stereocenters. The third-order valence-corrected chi connectivity index (χ3v) is 6.52. The van der Waals surface area contributed by atoms with Gasteiger partial charge in [-0.1, -0.05) is 34.8 Å². The fraction of sp³-hybridized carbons (Fsp3) is 0.0370. The molecule has 1 aliphatic rings. The zero-order valence-corrected chi connectivity index (χ0v) is 19.7. The first-order valence-corrected chi connectivity index (χ1v) is 11.6. The van der Waals surface area contributed by atoms with Gasteiger partial charge in [-0.25, -0.2) is 0 Å². The van der Waals surface area contributed by atoms with Crippen molar-refractivity contribution >= 4 is 51.6 Å². The van der Waals surface area contributed by atoms with Crippen LogP contribution in [0.25, 0.3) is 33.4 Å². The summed E-state index contributed by atoms with van der Waals surface area (Å²) in [6.45, 7) is 0.349. The minimum absolute atomic E-state index is 0.210. The Morgan fingerprint density at radius 2 is 1.59 bits per heavy atom. The molecule has 3 aromatic carbocycles. The Morgan fingerprint density at radius 3 is 2.41 bits per heavy atom. The van der Waals surface area contributed by atoms with E-state index in [9.17, 15) is 4.79 Å². The standard InChI is InChI=1S/C27H14Cl3NO3/c28-17-3-1-14(2-4-17)26(32)27-24(20-10-18(29)6-8-23(20)34-27)15-9-16-13-33-22-7-5-19(30)11-21(22)25(16)31-12-15/h1-12H,13H2. The highest BCUT2D eigenvalue weighted by molar-refractivity contribution is 6.32. The monoisotopic (exact) mass is 505 g/mol. The van der Waals surface area contributed by atoms with Crippen molar-refractivity contribution in [2.75, 3.05) is 0 Å². The number of hydrogen-bond donors (Lipinski definition) is 0. The molecule has 0 amide bonds. The lowest BCUT2D eigenvalue weighted by molar-refractivity contribution is 0.101.